The summed E-state index contributed by atoms with van der Waals surface area (Å²) in [6.07, 6.45) is 0.657. The Labute approximate surface area is 195 Å². The second-order valence-corrected chi connectivity index (χ2v) is 9.46. The molecule has 0 atom stereocenters. The molecule has 2 aromatic rings. The number of thiocarbonyl (C=S) groups is 1. The number of carbonyl (C=O) groups excluding carboxylic acids is 2. The van der Waals surface area contributed by atoms with E-state index in [9.17, 15) is 9.59 Å². The van der Waals surface area contributed by atoms with Crippen LogP contribution in [0.3, 0.4) is 0 Å². The van der Waals surface area contributed by atoms with Gasteiger partial charge in [0, 0.05) is 31.4 Å². The molecule has 0 aromatic heterocycles. The van der Waals surface area contributed by atoms with Crippen LogP contribution in [-0.2, 0) is 4.74 Å². The van der Waals surface area contributed by atoms with E-state index in [-0.39, 0.29) is 12.0 Å². The fourth-order valence-corrected chi connectivity index (χ4v) is 4.12. The highest BCUT2D eigenvalue weighted by Crippen LogP contribution is 2.29. The lowest BCUT2D eigenvalue weighted by atomic mass is 9.86. The fraction of sp³-hybridized carbons (Fsp3) is 0.400. The van der Waals surface area contributed by atoms with Gasteiger partial charge in [0.1, 0.15) is 10.6 Å². The Morgan fingerprint density at radius 1 is 1.00 bits per heavy atom. The van der Waals surface area contributed by atoms with Crippen LogP contribution in [0.25, 0.3) is 0 Å². The van der Waals surface area contributed by atoms with Crippen LogP contribution in [0.4, 0.5) is 10.5 Å². The molecule has 1 aliphatic rings. The minimum atomic E-state index is -0.759. The summed E-state index contributed by atoms with van der Waals surface area (Å²) in [5, 5.41) is 3.21. The molecule has 2 amide bonds. The van der Waals surface area contributed by atoms with Crippen LogP contribution in [0.2, 0.25) is 0 Å². The minimum Gasteiger partial charge on any atom is -0.444 e. The smallest absolute Gasteiger partial charge is 0.410 e. The lowest BCUT2D eigenvalue weighted by Gasteiger charge is -2.45. The number of nitrogens with one attached hydrogen (secondary N) is 1. The Balaban J connectivity index is 1.83. The van der Waals surface area contributed by atoms with Crippen molar-refractivity contribution < 1.29 is 14.3 Å². The summed E-state index contributed by atoms with van der Waals surface area (Å²) in [6.45, 7) is 6.43. The number of piperidine rings is 1. The van der Waals surface area contributed by atoms with Crippen molar-refractivity contribution in [3.05, 3.63) is 66.2 Å². The molecule has 0 radical (unpaired) electrons. The summed E-state index contributed by atoms with van der Waals surface area (Å²) in [5.41, 5.74) is 0.202. The maximum Gasteiger partial charge on any atom is 0.410 e. The lowest BCUT2D eigenvalue weighted by Crippen LogP contribution is -2.63. The van der Waals surface area contributed by atoms with E-state index in [4.69, 9.17) is 17.0 Å². The Morgan fingerprint density at radius 2 is 1.53 bits per heavy atom. The molecule has 1 N–H and O–H groups in total. The predicted octanol–water partition coefficient (Wildman–Crippen LogP) is 4.65. The summed E-state index contributed by atoms with van der Waals surface area (Å²) >= 11 is 5.93. The summed E-state index contributed by atoms with van der Waals surface area (Å²) in [5.74, 6) is -0.180. The SMILES string of the molecule is CN(C(=S)C1(NC(=O)c2ccccc2)CCN(C(=O)OC(C)(C)C)CC1)c1ccccc1. The summed E-state index contributed by atoms with van der Waals surface area (Å²) in [4.78, 5) is 29.9. The molecule has 2 aromatic carbocycles. The number of likely N-dealkylation sites (N-methyl/N-ethyl adjacent to an activating group) is 1. The maximum absolute atomic E-state index is 13.1. The van der Waals surface area contributed by atoms with Crippen molar-refractivity contribution in [2.75, 3.05) is 25.0 Å². The molecule has 7 heteroatoms. The molecule has 0 saturated carbocycles. The highest BCUT2D eigenvalue weighted by molar-refractivity contribution is 7.80. The summed E-state index contributed by atoms with van der Waals surface area (Å²) in [7, 11) is 1.91. The predicted molar refractivity (Wildman–Crippen MR) is 131 cm³/mol. The third-order valence-corrected chi connectivity index (χ3v) is 6.18. The van der Waals surface area contributed by atoms with E-state index < -0.39 is 11.1 Å². The monoisotopic (exact) mass is 453 g/mol. The average molecular weight is 454 g/mol. The van der Waals surface area contributed by atoms with Gasteiger partial charge in [-0.3, -0.25) is 4.79 Å². The van der Waals surface area contributed by atoms with Gasteiger partial charge in [-0.25, -0.2) is 4.79 Å². The van der Waals surface area contributed by atoms with Gasteiger partial charge in [-0.05, 0) is 57.9 Å². The van der Waals surface area contributed by atoms with Gasteiger partial charge in [-0.2, -0.15) is 0 Å². The molecule has 6 nitrogen and oxygen atoms in total. The number of benzene rings is 2. The van der Waals surface area contributed by atoms with Gasteiger partial charge in [-0.15, -0.1) is 0 Å². The number of carbonyl (C=O) groups is 2. The number of rotatable bonds is 4. The molecule has 170 valence electrons. The van der Waals surface area contributed by atoms with E-state index >= 15 is 0 Å². The van der Waals surface area contributed by atoms with E-state index in [1.165, 1.54) is 0 Å². The molecule has 0 spiro atoms. The van der Waals surface area contributed by atoms with Crippen LogP contribution in [-0.4, -0.2) is 53.2 Å². The number of amides is 2. The summed E-state index contributed by atoms with van der Waals surface area (Å²) < 4.78 is 5.53. The second kappa shape index (κ2) is 9.69. The number of hydrogen-bond acceptors (Lipinski definition) is 4. The van der Waals surface area contributed by atoms with Crippen LogP contribution in [0.5, 0.6) is 0 Å². The van der Waals surface area contributed by atoms with Gasteiger partial charge in [0.05, 0.1) is 5.54 Å². The fourth-order valence-electron chi connectivity index (χ4n) is 3.76. The Bertz CT molecular complexity index is 949. The number of hydrogen-bond donors (Lipinski definition) is 1. The molecule has 1 fully saturated rings. The molecule has 0 bridgehead atoms. The first-order valence-electron chi connectivity index (χ1n) is 10.8. The summed E-state index contributed by atoms with van der Waals surface area (Å²) in [6, 6.07) is 18.9. The molecule has 3 rings (SSSR count). The Morgan fingerprint density at radius 3 is 2.06 bits per heavy atom. The van der Waals surface area contributed by atoms with Crippen molar-refractivity contribution in [2.24, 2.45) is 0 Å². The van der Waals surface area contributed by atoms with Gasteiger partial charge in [0.2, 0.25) is 0 Å². The normalized spacial score (nSPS) is 15.6. The van der Waals surface area contributed by atoms with Crippen molar-refractivity contribution in [3.8, 4) is 0 Å². The molecule has 1 aliphatic heterocycles. The Hall–Kier alpha value is -2.93. The molecule has 1 heterocycles. The largest absolute Gasteiger partial charge is 0.444 e. The first-order valence-corrected chi connectivity index (χ1v) is 11.2. The van der Waals surface area contributed by atoms with Crippen LogP contribution in [0.1, 0.15) is 44.0 Å². The highest BCUT2D eigenvalue weighted by atomic mass is 32.1. The zero-order valence-corrected chi connectivity index (χ0v) is 19.9. The highest BCUT2D eigenvalue weighted by Gasteiger charge is 2.43. The van der Waals surface area contributed by atoms with Crippen LogP contribution in [0.15, 0.2) is 60.7 Å². The molecule has 0 unspecified atom stereocenters. The minimum absolute atomic E-state index is 0.180. The zero-order chi connectivity index (χ0) is 23.4. The average Bonchev–Trinajstić information content (AvgIpc) is 2.78. The number of anilines is 1. The number of ether oxygens (including phenoxy) is 1. The van der Waals surface area contributed by atoms with Crippen molar-refractivity contribution in [2.45, 2.75) is 44.8 Å². The molecule has 1 saturated heterocycles. The quantitative estimate of drug-likeness (QED) is 0.683. The third-order valence-electron chi connectivity index (χ3n) is 5.51. The van der Waals surface area contributed by atoms with Gasteiger partial charge in [0.15, 0.2) is 0 Å². The molecular weight excluding hydrogens is 422 g/mol. The second-order valence-electron chi connectivity index (χ2n) is 9.07. The van der Waals surface area contributed by atoms with Crippen molar-refractivity contribution in [1.29, 1.82) is 0 Å². The van der Waals surface area contributed by atoms with E-state index in [1.807, 2.05) is 81.2 Å². The van der Waals surface area contributed by atoms with Gasteiger partial charge in [0.25, 0.3) is 5.91 Å². The number of nitrogens with zero attached hydrogens (tertiary/aromatic N) is 2. The molecule has 32 heavy (non-hydrogen) atoms. The standard InChI is InChI=1S/C25H31N3O3S/c1-24(2,3)31-23(30)28-17-15-25(16-18-28,26-21(29)19-11-7-5-8-12-19)22(32)27(4)20-13-9-6-10-14-20/h5-14H,15-18H2,1-4H3,(H,26,29). The van der Waals surface area contributed by atoms with E-state index in [2.05, 4.69) is 5.32 Å². The van der Waals surface area contributed by atoms with Gasteiger partial charge in [-0.1, -0.05) is 48.6 Å². The van der Waals surface area contributed by atoms with Crippen LogP contribution < -0.4 is 10.2 Å². The van der Waals surface area contributed by atoms with E-state index in [0.29, 0.717) is 36.5 Å². The maximum atomic E-state index is 13.1. The van der Waals surface area contributed by atoms with Gasteiger partial charge >= 0.3 is 6.09 Å². The van der Waals surface area contributed by atoms with E-state index in [1.54, 1.807) is 17.0 Å². The Kier molecular flexibility index (Phi) is 7.19. The first kappa shape index (κ1) is 23.7. The third kappa shape index (κ3) is 5.65. The van der Waals surface area contributed by atoms with Crippen molar-refractivity contribution in [1.82, 2.24) is 10.2 Å². The van der Waals surface area contributed by atoms with E-state index in [0.717, 1.165) is 5.69 Å². The molecule has 0 aliphatic carbocycles. The van der Waals surface area contributed by atoms with Crippen molar-refractivity contribution >= 4 is 34.9 Å². The van der Waals surface area contributed by atoms with Gasteiger partial charge < -0.3 is 19.9 Å². The first-order chi connectivity index (χ1) is 15.1. The topological polar surface area (TPSA) is 61.9 Å². The number of likely N-dealkylation sites (tertiary alicyclic amines) is 1. The van der Waals surface area contributed by atoms with Crippen molar-refractivity contribution in [3.63, 3.8) is 0 Å². The zero-order valence-electron chi connectivity index (χ0n) is 19.1. The lowest BCUT2D eigenvalue weighted by molar-refractivity contribution is 0.0182. The van der Waals surface area contributed by atoms with Crippen LogP contribution in [0, 0.1) is 0 Å². The van der Waals surface area contributed by atoms with Crippen LogP contribution >= 0.6 is 12.2 Å². The number of para-hydroxylation sites is 1. The molecular formula is C25H31N3O3S.